The molecule has 0 atom stereocenters. The van der Waals surface area contributed by atoms with Crippen LogP contribution < -0.4 is 0 Å². The summed E-state index contributed by atoms with van der Waals surface area (Å²) < 4.78 is 13.3. The van der Waals surface area contributed by atoms with Crippen LogP contribution in [0.4, 0.5) is 4.39 Å². The van der Waals surface area contributed by atoms with Crippen molar-refractivity contribution in [1.29, 1.82) is 0 Å². The van der Waals surface area contributed by atoms with E-state index in [2.05, 4.69) is 0 Å². The quantitative estimate of drug-likeness (QED) is 0.676. The first kappa shape index (κ1) is 9.01. The Morgan fingerprint density at radius 3 is 2.69 bits per heavy atom. The maximum atomic E-state index is 13.3. The average molecular weight is 199 g/mol. The molecule has 0 spiro atoms. The molecule has 0 bridgehead atoms. The lowest BCUT2D eigenvalue weighted by molar-refractivity contribution is 0.623. The molecule has 0 radical (unpaired) electrons. The third-order valence-corrected chi connectivity index (χ3v) is 2.94. The van der Waals surface area contributed by atoms with E-state index in [9.17, 15) is 4.39 Å². The first-order valence-corrected chi connectivity index (χ1v) is 5.08. The van der Waals surface area contributed by atoms with E-state index in [1.54, 1.807) is 0 Å². The Hall–Kier alpha value is -0.560. The van der Waals surface area contributed by atoms with Crippen LogP contribution in [0, 0.1) is 5.82 Å². The summed E-state index contributed by atoms with van der Waals surface area (Å²) in [4.78, 5) is 0. The SMILES string of the molecule is CCc1cc(F)c(Cl)c(C2CC2)c1. The Balaban J connectivity index is 2.46. The highest BCUT2D eigenvalue weighted by Gasteiger charge is 2.27. The van der Waals surface area contributed by atoms with Crippen molar-refractivity contribution in [1.82, 2.24) is 0 Å². The molecular weight excluding hydrogens is 187 g/mol. The molecule has 0 amide bonds. The lowest BCUT2D eigenvalue weighted by Crippen LogP contribution is -1.91. The molecule has 0 nitrogen and oxygen atoms in total. The lowest BCUT2D eigenvalue weighted by Gasteiger charge is -2.06. The first-order chi connectivity index (χ1) is 6.22. The van der Waals surface area contributed by atoms with Crippen LogP contribution in [0.1, 0.15) is 36.8 Å². The summed E-state index contributed by atoms with van der Waals surface area (Å²) in [6.45, 7) is 2.03. The molecule has 1 aliphatic carbocycles. The van der Waals surface area contributed by atoms with Crippen LogP contribution in [-0.4, -0.2) is 0 Å². The lowest BCUT2D eigenvalue weighted by atomic mass is 10.1. The minimum Gasteiger partial charge on any atom is -0.205 e. The summed E-state index contributed by atoms with van der Waals surface area (Å²) in [6, 6.07) is 3.58. The largest absolute Gasteiger partial charge is 0.205 e. The molecule has 0 saturated heterocycles. The standard InChI is InChI=1S/C11H12ClF/c1-2-7-5-9(8-3-4-8)11(12)10(13)6-7/h5-6,8H,2-4H2,1H3. The van der Waals surface area contributed by atoms with E-state index in [-0.39, 0.29) is 5.82 Å². The summed E-state index contributed by atoms with van der Waals surface area (Å²) in [7, 11) is 0. The molecule has 0 aromatic heterocycles. The molecule has 1 fully saturated rings. The third kappa shape index (κ3) is 1.71. The number of hydrogen-bond acceptors (Lipinski definition) is 0. The van der Waals surface area contributed by atoms with Crippen molar-refractivity contribution in [3.05, 3.63) is 34.1 Å². The van der Waals surface area contributed by atoms with Gasteiger partial charge in [0, 0.05) is 0 Å². The Bertz CT molecular complexity index is 329. The molecule has 0 heterocycles. The van der Waals surface area contributed by atoms with Crippen molar-refractivity contribution in [2.75, 3.05) is 0 Å². The van der Waals surface area contributed by atoms with Crippen molar-refractivity contribution < 1.29 is 4.39 Å². The molecule has 2 heteroatoms. The molecule has 70 valence electrons. The van der Waals surface area contributed by atoms with Crippen molar-refractivity contribution >= 4 is 11.6 Å². The van der Waals surface area contributed by atoms with Crippen LogP contribution in [-0.2, 0) is 6.42 Å². The summed E-state index contributed by atoms with van der Waals surface area (Å²) in [5, 5.41) is 0.333. The van der Waals surface area contributed by atoms with Crippen molar-refractivity contribution in [2.45, 2.75) is 32.1 Å². The maximum absolute atomic E-state index is 13.3. The van der Waals surface area contributed by atoms with Crippen molar-refractivity contribution in [3.8, 4) is 0 Å². The fourth-order valence-electron chi connectivity index (χ4n) is 1.56. The van der Waals surface area contributed by atoms with Crippen molar-refractivity contribution in [2.24, 2.45) is 0 Å². The van der Waals surface area contributed by atoms with E-state index in [1.807, 2.05) is 13.0 Å². The zero-order chi connectivity index (χ0) is 9.42. The van der Waals surface area contributed by atoms with Gasteiger partial charge in [0.05, 0.1) is 5.02 Å². The van der Waals surface area contributed by atoms with Crippen LogP contribution in [0.2, 0.25) is 5.02 Å². The summed E-state index contributed by atoms with van der Waals surface area (Å²) in [5.41, 5.74) is 2.06. The number of hydrogen-bond donors (Lipinski definition) is 0. The first-order valence-electron chi connectivity index (χ1n) is 4.70. The van der Waals surface area contributed by atoms with E-state index in [1.165, 1.54) is 6.07 Å². The molecule has 2 rings (SSSR count). The maximum Gasteiger partial charge on any atom is 0.142 e. The fourth-order valence-corrected chi connectivity index (χ4v) is 1.83. The third-order valence-electron chi connectivity index (χ3n) is 2.54. The molecular formula is C11H12ClF. The van der Waals surface area contributed by atoms with Gasteiger partial charge < -0.3 is 0 Å². The van der Waals surface area contributed by atoms with E-state index in [0.717, 1.165) is 30.4 Å². The Labute approximate surface area is 82.7 Å². The predicted molar refractivity (Wildman–Crippen MR) is 52.8 cm³/mol. The van der Waals surface area contributed by atoms with Crippen LogP contribution in [0.3, 0.4) is 0 Å². The van der Waals surface area contributed by atoms with Gasteiger partial charge >= 0.3 is 0 Å². The summed E-state index contributed by atoms with van der Waals surface area (Å²) in [5.74, 6) is 0.261. The number of halogens is 2. The van der Waals surface area contributed by atoms with Gasteiger partial charge in [-0.25, -0.2) is 4.39 Å². The van der Waals surface area contributed by atoms with Crippen LogP contribution in [0.25, 0.3) is 0 Å². The van der Waals surface area contributed by atoms with E-state index in [0.29, 0.717) is 10.9 Å². The van der Waals surface area contributed by atoms with E-state index in [4.69, 9.17) is 11.6 Å². The second kappa shape index (κ2) is 3.30. The van der Waals surface area contributed by atoms with Gasteiger partial charge in [0.2, 0.25) is 0 Å². The molecule has 1 saturated carbocycles. The molecule has 1 aliphatic rings. The molecule has 1 aromatic rings. The zero-order valence-electron chi connectivity index (χ0n) is 7.61. The number of benzene rings is 1. The normalized spacial score (nSPS) is 16.2. The Kier molecular flexibility index (Phi) is 2.29. The van der Waals surface area contributed by atoms with Gasteiger partial charge in [-0.1, -0.05) is 24.6 Å². The van der Waals surface area contributed by atoms with Crippen LogP contribution in [0.15, 0.2) is 12.1 Å². The Morgan fingerprint density at radius 1 is 1.46 bits per heavy atom. The molecule has 0 aliphatic heterocycles. The van der Waals surface area contributed by atoms with Gasteiger partial charge in [0.1, 0.15) is 5.82 Å². The van der Waals surface area contributed by atoms with Gasteiger partial charge in [0.15, 0.2) is 0 Å². The second-order valence-electron chi connectivity index (χ2n) is 3.61. The van der Waals surface area contributed by atoms with Crippen LogP contribution in [0.5, 0.6) is 0 Å². The van der Waals surface area contributed by atoms with Gasteiger partial charge in [-0.3, -0.25) is 0 Å². The van der Waals surface area contributed by atoms with Crippen LogP contribution >= 0.6 is 11.6 Å². The minimum atomic E-state index is -0.261. The number of rotatable bonds is 2. The van der Waals surface area contributed by atoms with Gasteiger partial charge in [0.25, 0.3) is 0 Å². The molecule has 0 N–H and O–H groups in total. The average Bonchev–Trinajstić information content (AvgIpc) is 2.92. The molecule has 1 aromatic carbocycles. The second-order valence-corrected chi connectivity index (χ2v) is 3.99. The predicted octanol–water partition coefficient (Wildman–Crippen LogP) is 3.92. The fraction of sp³-hybridized carbons (Fsp3) is 0.455. The van der Waals surface area contributed by atoms with Gasteiger partial charge in [-0.15, -0.1) is 0 Å². The molecule has 0 unspecified atom stereocenters. The zero-order valence-corrected chi connectivity index (χ0v) is 8.37. The Morgan fingerprint density at radius 2 is 2.15 bits per heavy atom. The summed E-state index contributed by atoms with van der Waals surface area (Å²) >= 11 is 5.88. The minimum absolute atomic E-state index is 0.261. The monoisotopic (exact) mass is 198 g/mol. The smallest absolute Gasteiger partial charge is 0.142 e. The highest BCUT2D eigenvalue weighted by atomic mass is 35.5. The number of aryl methyl sites for hydroxylation is 1. The molecule has 13 heavy (non-hydrogen) atoms. The highest BCUT2D eigenvalue weighted by molar-refractivity contribution is 6.31. The van der Waals surface area contributed by atoms with E-state index < -0.39 is 0 Å². The van der Waals surface area contributed by atoms with Gasteiger partial charge in [-0.2, -0.15) is 0 Å². The van der Waals surface area contributed by atoms with E-state index >= 15 is 0 Å². The highest BCUT2D eigenvalue weighted by Crippen LogP contribution is 2.44. The van der Waals surface area contributed by atoms with Crippen molar-refractivity contribution in [3.63, 3.8) is 0 Å². The van der Waals surface area contributed by atoms with Gasteiger partial charge in [-0.05, 0) is 42.4 Å². The summed E-state index contributed by atoms with van der Waals surface area (Å²) in [6.07, 6.45) is 3.19. The topological polar surface area (TPSA) is 0 Å².